The molecule has 0 aliphatic heterocycles. The maximum Gasteiger partial charge on any atom is 0.0456 e. The monoisotopic (exact) mass is 603 g/mol. The van der Waals surface area contributed by atoms with Crippen LogP contribution in [0.5, 0.6) is 0 Å². The number of hydrogen-bond acceptors (Lipinski definition) is 0. The van der Waals surface area contributed by atoms with Crippen molar-refractivity contribution in [1.29, 1.82) is 0 Å². The van der Waals surface area contributed by atoms with Gasteiger partial charge in [-0.05, 0) is 73.4 Å². The normalized spacial score (nSPS) is 11.0. The van der Waals surface area contributed by atoms with Gasteiger partial charge in [0, 0.05) is 51.3 Å². The van der Waals surface area contributed by atoms with Gasteiger partial charge >= 0.3 is 0 Å². The number of aromatic nitrogens is 3. The molecule has 0 aliphatic rings. The van der Waals surface area contributed by atoms with Crippen LogP contribution in [-0.2, 0) is 19.3 Å². The highest BCUT2D eigenvalue weighted by molar-refractivity contribution is 5.84. The molecule has 0 fully saturated rings. The highest BCUT2D eigenvalue weighted by atomic mass is 14.7. The van der Waals surface area contributed by atoms with Gasteiger partial charge in [0.05, 0.1) is 0 Å². The lowest BCUT2D eigenvalue weighted by Gasteiger charge is -1.98. The van der Waals surface area contributed by atoms with Crippen LogP contribution in [-0.4, -0.2) is 15.0 Å². The van der Waals surface area contributed by atoms with Crippen LogP contribution in [0.1, 0.15) is 115 Å². The Morgan fingerprint density at radius 1 is 0.356 bits per heavy atom. The lowest BCUT2D eigenvalue weighted by Crippen LogP contribution is -1.83. The zero-order chi connectivity index (χ0) is 31.5. The van der Waals surface area contributed by atoms with Gasteiger partial charge in [-0.25, -0.2) is 0 Å². The highest BCUT2D eigenvalue weighted by Gasteiger charge is 2.03. The van der Waals surface area contributed by atoms with Crippen molar-refractivity contribution in [2.75, 3.05) is 0 Å². The standard InChI is InChI=1S/3C14H19N/c3*1-2-3-4-5-8-12-11-15-14-10-7-6-9-13(12)14/h3*6-7,9-11,15H,2-5,8H2,1H3. The van der Waals surface area contributed by atoms with E-state index >= 15 is 0 Å². The van der Waals surface area contributed by atoms with Crippen LogP contribution in [0, 0.1) is 0 Å². The Balaban J connectivity index is 0.000000154. The number of aryl methyl sites for hydroxylation is 3. The van der Waals surface area contributed by atoms with Crippen LogP contribution in [0.3, 0.4) is 0 Å². The molecule has 0 bridgehead atoms. The predicted molar refractivity (Wildman–Crippen MR) is 198 cm³/mol. The quantitative estimate of drug-likeness (QED) is 0.0978. The number of para-hydroxylation sites is 3. The molecular formula is C42H57N3. The van der Waals surface area contributed by atoms with Gasteiger partial charge in [0.2, 0.25) is 0 Å². The molecule has 3 aromatic heterocycles. The SMILES string of the molecule is CCCCCCc1c[nH]c2ccccc12.CCCCCCc1c[nH]c2ccccc12.CCCCCCc1c[nH]c2ccccc12. The van der Waals surface area contributed by atoms with Gasteiger partial charge in [-0.2, -0.15) is 0 Å². The summed E-state index contributed by atoms with van der Waals surface area (Å²) in [5.74, 6) is 0. The molecular weight excluding hydrogens is 546 g/mol. The molecule has 45 heavy (non-hydrogen) atoms. The third-order valence-corrected chi connectivity index (χ3v) is 8.92. The summed E-state index contributed by atoms with van der Waals surface area (Å²) in [7, 11) is 0. The molecule has 3 nitrogen and oxygen atoms in total. The fourth-order valence-electron chi connectivity index (χ4n) is 6.24. The third-order valence-electron chi connectivity index (χ3n) is 8.92. The highest BCUT2D eigenvalue weighted by Crippen LogP contribution is 2.22. The van der Waals surface area contributed by atoms with Crippen LogP contribution < -0.4 is 0 Å². The van der Waals surface area contributed by atoms with Gasteiger partial charge in [-0.15, -0.1) is 0 Å². The van der Waals surface area contributed by atoms with Gasteiger partial charge in [-0.3, -0.25) is 0 Å². The summed E-state index contributed by atoms with van der Waals surface area (Å²) in [5.41, 5.74) is 8.22. The number of benzene rings is 3. The molecule has 240 valence electrons. The van der Waals surface area contributed by atoms with Crippen molar-refractivity contribution in [3.8, 4) is 0 Å². The molecule has 0 spiro atoms. The first-order valence-corrected chi connectivity index (χ1v) is 17.9. The molecule has 0 atom stereocenters. The average Bonchev–Trinajstić information content (AvgIpc) is 3.81. The second-order valence-electron chi connectivity index (χ2n) is 12.5. The first kappa shape index (κ1) is 34.2. The predicted octanol–water partition coefficient (Wildman–Crippen LogP) is 12.9. The van der Waals surface area contributed by atoms with E-state index in [0.717, 1.165) is 0 Å². The molecule has 0 saturated carbocycles. The lowest BCUT2D eigenvalue weighted by atomic mass is 10.1. The fraction of sp³-hybridized carbons (Fsp3) is 0.429. The fourth-order valence-corrected chi connectivity index (χ4v) is 6.24. The molecule has 3 aromatic carbocycles. The first-order chi connectivity index (χ1) is 22.2. The minimum atomic E-state index is 1.21. The van der Waals surface area contributed by atoms with Gasteiger partial charge < -0.3 is 15.0 Å². The Labute approximate surface area is 272 Å². The van der Waals surface area contributed by atoms with E-state index in [1.165, 1.54) is 146 Å². The number of aromatic amines is 3. The van der Waals surface area contributed by atoms with Gasteiger partial charge in [0.15, 0.2) is 0 Å². The van der Waals surface area contributed by atoms with E-state index in [4.69, 9.17) is 0 Å². The topological polar surface area (TPSA) is 47.4 Å². The van der Waals surface area contributed by atoms with E-state index in [1.54, 1.807) is 0 Å². The maximum atomic E-state index is 3.33. The van der Waals surface area contributed by atoms with Crippen LogP contribution in [0.4, 0.5) is 0 Å². The Bertz CT molecular complexity index is 1440. The van der Waals surface area contributed by atoms with Crippen molar-refractivity contribution >= 4 is 32.7 Å². The zero-order valence-electron chi connectivity index (χ0n) is 28.3. The summed E-state index contributed by atoms with van der Waals surface area (Å²) in [6, 6.07) is 25.7. The van der Waals surface area contributed by atoms with Crippen LogP contribution >= 0.6 is 0 Å². The van der Waals surface area contributed by atoms with Crippen molar-refractivity contribution in [3.05, 3.63) is 108 Å². The number of rotatable bonds is 15. The minimum absolute atomic E-state index is 1.21. The summed E-state index contributed by atoms with van der Waals surface area (Å²) in [6.45, 7) is 6.77. The van der Waals surface area contributed by atoms with Crippen molar-refractivity contribution < 1.29 is 0 Å². The summed E-state index contributed by atoms with van der Waals surface area (Å²) in [5, 5.41) is 4.19. The van der Waals surface area contributed by atoms with E-state index in [0.29, 0.717) is 0 Å². The Morgan fingerprint density at radius 3 is 0.933 bits per heavy atom. The largest absolute Gasteiger partial charge is 0.361 e. The molecule has 0 aliphatic carbocycles. The molecule has 0 radical (unpaired) electrons. The van der Waals surface area contributed by atoms with Crippen molar-refractivity contribution in [1.82, 2.24) is 15.0 Å². The van der Waals surface area contributed by atoms with E-state index in [2.05, 4.69) is 127 Å². The molecule has 0 amide bonds. The van der Waals surface area contributed by atoms with E-state index in [9.17, 15) is 0 Å². The van der Waals surface area contributed by atoms with E-state index in [1.807, 2.05) is 0 Å². The first-order valence-electron chi connectivity index (χ1n) is 17.9. The van der Waals surface area contributed by atoms with E-state index in [-0.39, 0.29) is 0 Å². The summed E-state index contributed by atoms with van der Waals surface area (Å²) in [4.78, 5) is 9.99. The summed E-state index contributed by atoms with van der Waals surface area (Å²) < 4.78 is 0. The second-order valence-corrected chi connectivity index (χ2v) is 12.5. The minimum Gasteiger partial charge on any atom is -0.361 e. The number of unbranched alkanes of at least 4 members (excludes halogenated alkanes) is 9. The zero-order valence-corrected chi connectivity index (χ0v) is 28.3. The third kappa shape index (κ3) is 10.7. The summed E-state index contributed by atoms with van der Waals surface area (Å²) in [6.07, 6.45) is 26.2. The second kappa shape index (κ2) is 19.6. The van der Waals surface area contributed by atoms with Crippen molar-refractivity contribution in [2.45, 2.75) is 117 Å². The lowest BCUT2D eigenvalue weighted by molar-refractivity contribution is 0.668. The van der Waals surface area contributed by atoms with Crippen LogP contribution in [0.2, 0.25) is 0 Å². The molecule has 6 rings (SSSR count). The molecule has 3 heteroatoms. The molecule has 3 heterocycles. The van der Waals surface area contributed by atoms with Gasteiger partial charge in [0.25, 0.3) is 0 Å². The molecule has 3 N–H and O–H groups in total. The van der Waals surface area contributed by atoms with Crippen LogP contribution in [0.25, 0.3) is 32.7 Å². The molecule has 6 aromatic rings. The van der Waals surface area contributed by atoms with Crippen LogP contribution in [0.15, 0.2) is 91.4 Å². The van der Waals surface area contributed by atoms with E-state index < -0.39 is 0 Å². The van der Waals surface area contributed by atoms with Gasteiger partial charge in [0.1, 0.15) is 0 Å². The average molecular weight is 604 g/mol. The molecule has 0 saturated heterocycles. The Hall–Kier alpha value is -3.72. The molecule has 0 unspecified atom stereocenters. The number of H-pyrrole nitrogens is 3. The number of fused-ring (bicyclic) bond motifs is 3. The Kier molecular flexibility index (Phi) is 14.9. The van der Waals surface area contributed by atoms with Crippen molar-refractivity contribution in [3.63, 3.8) is 0 Å². The summed E-state index contributed by atoms with van der Waals surface area (Å²) >= 11 is 0. The smallest absolute Gasteiger partial charge is 0.0456 e. The van der Waals surface area contributed by atoms with Gasteiger partial charge in [-0.1, -0.05) is 133 Å². The number of nitrogens with one attached hydrogen (secondary N) is 3. The number of hydrogen-bond donors (Lipinski definition) is 3. The van der Waals surface area contributed by atoms with Crippen molar-refractivity contribution in [2.24, 2.45) is 0 Å². The Morgan fingerprint density at radius 2 is 0.644 bits per heavy atom. The maximum absolute atomic E-state index is 3.33.